The van der Waals surface area contributed by atoms with Crippen LogP contribution in [-0.4, -0.2) is 11.4 Å². The number of carbonyl (C=O) groups excluding carboxylic acids is 1. The van der Waals surface area contributed by atoms with Gasteiger partial charge in [-0.1, -0.05) is 0 Å². The van der Waals surface area contributed by atoms with E-state index in [2.05, 4.69) is 0 Å². The maximum absolute atomic E-state index is 10.4. The van der Waals surface area contributed by atoms with Crippen molar-refractivity contribution in [2.75, 3.05) is 0 Å². The van der Waals surface area contributed by atoms with Gasteiger partial charge in [-0.15, -0.1) is 0 Å². The van der Waals surface area contributed by atoms with Gasteiger partial charge < -0.3 is 5.11 Å². The number of benzene rings is 1. The number of aryl methyl sites for hydroxylation is 1. The number of rotatable bonds is 1. The van der Waals surface area contributed by atoms with Crippen LogP contribution in [0, 0.1) is 18.3 Å². The summed E-state index contributed by atoms with van der Waals surface area (Å²) in [5, 5.41) is 17.8. The molecule has 3 nitrogen and oxygen atoms in total. The standard InChI is InChI=1S/C9H7NO2/c1-6-2-7(4-10)9(12)8(3-6)5-11/h2-3,5,12H,1H3. The molecule has 1 rings (SSSR count). The SMILES string of the molecule is Cc1cc(C#N)c(O)c(C=O)c1. The zero-order valence-electron chi connectivity index (χ0n) is 6.53. The Bertz CT molecular complexity index is 364. The van der Waals surface area contributed by atoms with Crippen molar-refractivity contribution in [2.24, 2.45) is 0 Å². The van der Waals surface area contributed by atoms with Crippen molar-refractivity contribution < 1.29 is 9.90 Å². The Kier molecular flexibility index (Phi) is 2.11. The van der Waals surface area contributed by atoms with Gasteiger partial charge in [0.2, 0.25) is 0 Å². The number of aromatic hydroxyl groups is 1. The Morgan fingerprint density at radius 3 is 2.75 bits per heavy atom. The minimum Gasteiger partial charge on any atom is -0.506 e. The zero-order chi connectivity index (χ0) is 9.14. The fraction of sp³-hybridized carbons (Fsp3) is 0.111. The largest absolute Gasteiger partial charge is 0.506 e. The van der Waals surface area contributed by atoms with Gasteiger partial charge in [-0.25, -0.2) is 0 Å². The first-order chi connectivity index (χ1) is 5.69. The number of hydrogen-bond acceptors (Lipinski definition) is 3. The lowest BCUT2D eigenvalue weighted by Crippen LogP contribution is -1.87. The third-order valence-corrected chi connectivity index (χ3v) is 1.53. The highest BCUT2D eigenvalue weighted by atomic mass is 16.3. The molecule has 0 heterocycles. The molecule has 0 aliphatic rings. The van der Waals surface area contributed by atoms with Gasteiger partial charge >= 0.3 is 0 Å². The lowest BCUT2D eigenvalue weighted by Gasteiger charge is -2.00. The molecule has 0 unspecified atom stereocenters. The maximum Gasteiger partial charge on any atom is 0.153 e. The Labute approximate surface area is 69.9 Å². The minimum absolute atomic E-state index is 0.136. The Hall–Kier alpha value is -1.82. The summed E-state index contributed by atoms with van der Waals surface area (Å²) in [4.78, 5) is 10.4. The van der Waals surface area contributed by atoms with E-state index in [-0.39, 0.29) is 16.9 Å². The number of phenols is 1. The fourth-order valence-electron chi connectivity index (χ4n) is 0.982. The topological polar surface area (TPSA) is 61.1 Å². The second-order valence-corrected chi connectivity index (χ2v) is 2.48. The molecule has 0 aliphatic heterocycles. The first kappa shape index (κ1) is 8.28. The summed E-state index contributed by atoms with van der Waals surface area (Å²) >= 11 is 0. The number of aldehydes is 1. The molecule has 1 N–H and O–H groups in total. The summed E-state index contributed by atoms with van der Waals surface area (Å²) in [7, 11) is 0. The van der Waals surface area contributed by atoms with E-state index in [9.17, 15) is 9.90 Å². The first-order valence-corrected chi connectivity index (χ1v) is 3.38. The van der Waals surface area contributed by atoms with Crippen LogP contribution in [0.1, 0.15) is 21.5 Å². The van der Waals surface area contributed by atoms with Gasteiger partial charge in [0.1, 0.15) is 11.8 Å². The summed E-state index contributed by atoms with van der Waals surface area (Å²) in [6, 6.07) is 4.86. The number of nitrogens with zero attached hydrogens (tertiary/aromatic N) is 1. The van der Waals surface area contributed by atoms with E-state index in [1.54, 1.807) is 13.0 Å². The van der Waals surface area contributed by atoms with Crippen LogP contribution in [0.4, 0.5) is 0 Å². The van der Waals surface area contributed by atoms with Crippen molar-refractivity contribution >= 4 is 6.29 Å². The van der Waals surface area contributed by atoms with E-state index in [0.717, 1.165) is 5.56 Å². The summed E-state index contributed by atoms with van der Waals surface area (Å²) in [5.74, 6) is -0.238. The van der Waals surface area contributed by atoms with Crippen LogP contribution < -0.4 is 0 Å². The highest BCUT2D eigenvalue weighted by Gasteiger charge is 2.06. The average molecular weight is 161 g/mol. The molecule has 0 atom stereocenters. The predicted octanol–water partition coefficient (Wildman–Crippen LogP) is 1.38. The van der Waals surface area contributed by atoms with Crippen LogP contribution in [0.25, 0.3) is 0 Å². The minimum atomic E-state index is -0.238. The van der Waals surface area contributed by atoms with E-state index in [0.29, 0.717) is 6.29 Å². The monoisotopic (exact) mass is 161 g/mol. The van der Waals surface area contributed by atoms with E-state index in [1.807, 2.05) is 0 Å². The first-order valence-electron chi connectivity index (χ1n) is 3.38. The van der Waals surface area contributed by atoms with Crippen LogP contribution in [0.15, 0.2) is 12.1 Å². The van der Waals surface area contributed by atoms with Crippen molar-refractivity contribution in [3.05, 3.63) is 28.8 Å². The smallest absolute Gasteiger partial charge is 0.153 e. The molecular weight excluding hydrogens is 154 g/mol. The molecule has 0 aliphatic carbocycles. The van der Waals surface area contributed by atoms with Gasteiger partial charge in [-0.2, -0.15) is 5.26 Å². The molecule has 0 saturated heterocycles. The lowest BCUT2D eigenvalue weighted by atomic mass is 10.1. The van der Waals surface area contributed by atoms with Gasteiger partial charge in [-0.05, 0) is 24.6 Å². The van der Waals surface area contributed by atoms with Gasteiger partial charge in [0, 0.05) is 0 Å². The summed E-state index contributed by atoms with van der Waals surface area (Å²) in [5.41, 5.74) is 1.08. The van der Waals surface area contributed by atoms with Gasteiger partial charge in [0.25, 0.3) is 0 Å². The summed E-state index contributed by atoms with van der Waals surface area (Å²) < 4.78 is 0. The third kappa shape index (κ3) is 1.28. The lowest BCUT2D eigenvalue weighted by molar-refractivity contribution is 0.112. The zero-order valence-corrected chi connectivity index (χ0v) is 6.53. The molecule has 1 aromatic carbocycles. The highest BCUT2D eigenvalue weighted by molar-refractivity contribution is 5.81. The second-order valence-electron chi connectivity index (χ2n) is 2.48. The number of nitriles is 1. The van der Waals surface area contributed by atoms with Crippen LogP contribution in [0.3, 0.4) is 0 Å². The van der Waals surface area contributed by atoms with E-state index in [4.69, 9.17) is 5.26 Å². The molecular formula is C9H7NO2. The molecule has 0 spiro atoms. The molecule has 12 heavy (non-hydrogen) atoms. The van der Waals surface area contributed by atoms with Gasteiger partial charge in [-0.3, -0.25) is 4.79 Å². The van der Waals surface area contributed by atoms with Crippen molar-refractivity contribution in [1.82, 2.24) is 0 Å². The molecule has 0 saturated carbocycles. The van der Waals surface area contributed by atoms with Crippen LogP contribution in [0.5, 0.6) is 5.75 Å². The Morgan fingerprint density at radius 1 is 1.58 bits per heavy atom. The Morgan fingerprint density at radius 2 is 2.25 bits per heavy atom. The van der Waals surface area contributed by atoms with Crippen molar-refractivity contribution in [3.8, 4) is 11.8 Å². The van der Waals surface area contributed by atoms with Crippen LogP contribution >= 0.6 is 0 Å². The van der Waals surface area contributed by atoms with E-state index >= 15 is 0 Å². The highest BCUT2D eigenvalue weighted by Crippen LogP contribution is 2.21. The van der Waals surface area contributed by atoms with Crippen molar-refractivity contribution in [3.63, 3.8) is 0 Å². The van der Waals surface area contributed by atoms with Crippen LogP contribution in [-0.2, 0) is 0 Å². The molecule has 0 aromatic heterocycles. The van der Waals surface area contributed by atoms with Crippen molar-refractivity contribution in [2.45, 2.75) is 6.92 Å². The summed E-state index contributed by atoms with van der Waals surface area (Å²) in [6.07, 6.45) is 0.531. The number of hydrogen-bond donors (Lipinski definition) is 1. The quantitative estimate of drug-likeness (QED) is 0.633. The molecule has 1 aromatic rings. The molecule has 3 heteroatoms. The molecule has 0 bridgehead atoms. The molecule has 0 radical (unpaired) electrons. The fourth-order valence-corrected chi connectivity index (χ4v) is 0.982. The number of phenolic OH excluding ortho intramolecular Hbond substituents is 1. The molecule has 0 amide bonds. The van der Waals surface area contributed by atoms with E-state index in [1.165, 1.54) is 12.1 Å². The third-order valence-electron chi connectivity index (χ3n) is 1.53. The average Bonchev–Trinajstić information content (AvgIpc) is 2.08. The normalized spacial score (nSPS) is 9.00. The predicted molar refractivity (Wildman–Crippen MR) is 42.9 cm³/mol. The van der Waals surface area contributed by atoms with E-state index < -0.39 is 0 Å². The van der Waals surface area contributed by atoms with Gasteiger partial charge in [0.05, 0.1) is 11.1 Å². The second kappa shape index (κ2) is 3.05. The number of carbonyl (C=O) groups is 1. The van der Waals surface area contributed by atoms with Gasteiger partial charge in [0.15, 0.2) is 6.29 Å². The molecule has 0 fully saturated rings. The van der Waals surface area contributed by atoms with Crippen molar-refractivity contribution in [1.29, 1.82) is 5.26 Å². The van der Waals surface area contributed by atoms with Crippen LogP contribution in [0.2, 0.25) is 0 Å². The maximum atomic E-state index is 10.4. The Balaban J connectivity index is 3.44. The molecule has 60 valence electrons. The summed E-state index contributed by atoms with van der Waals surface area (Å²) in [6.45, 7) is 1.76.